The first-order valence-electron chi connectivity index (χ1n) is 32.7. The maximum absolute atomic E-state index is 9.74. The van der Waals surface area contributed by atoms with Crippen LogP contribution >= 0.6 is 0 Å². The second-order valence-electron chi connectivity index (χ2n) is 10.7. The van der Waals surface area contributed by atoms with Gasteiger partial charge in [-0.2, -0.15) is 0 Å². The Balaban J connectivity index is 1.69. The molecule has 0 unspecified atom stereocenters. The van der Waals surface area contributed by atoms with Gasteiger partial charge in [0.05, 0.1) is 63.9 Å². The fourth-order valence-electron chi connectivity index (χ4n) is 5.74. The molecule has 1 aliphatic heterocycles. The molecule has 2 nitrogen and oxygen atoms in total. The second kappa shape index (κ2) is 12.5. The Morgan fingerprint density at radius 1 is 0.510 bits per heavy atom. The third kappa shape index (κ3) is 5.19. The Morgan fingerprint density at radius 3 is 1.86 bits per heavy atom. The van der Waals surface area contributed by atoms with Gasteiger partial charge in [0.25, 0.3) is 0 Å². The highest BCUT2D eigenvalue weighted by Crippen LogP contribution is 2.58. The number of para-hydroxylation sites is 2. The molecule has 9 rings (SSSR count). The molecule has 0 atom stereocenters. The minimum absolute atomic E-state index is 0.318. The summed E-state index contributed by atoms with van der Waals surface area (Å²) in [6.07, 6.45) is 0. The van der Waals surface area contributed by atoms with E-state index < -0.39 is 279 Å². The van der Waals surface area contributed by atoms with Crippen LogP contribution in [0.2, 0.25) is 0 Å². The first-order valence-corrected chi connectivity index (χ1v) is 14.7. The number of fused-ring (bicyclic) bond motifs is 3. The van der Waals surface area contributed by atoms with Gasteiger partial charge in [0.15, 0.2) is 0 Å². The monoisotopic (exact) mass is 691 g/mol. The average Bonchev–Trinajstić information content (AvgIpc) is 0.666. The third-order valence-corrected chi connectivity index (χ3v) is 7.82. The molecule has 0 spiro atoms. The molecule has 0 amide bonds. The van der Waals surface area contributed by atoms with E-state index in [-0.39, 0.29) is 0 Å². The Kier molecular flexibility index (Phi) is 2.65. The topological polar surface area (TPSA) is 6.48 Å². The molecule has 244 valence electrons. The molecule has 0 N–H and O–H groups in total. The molecule has 0 saturated carbocycles. The maximum Gasteiger partial charge on any atom is 0.0781 e. The maximum atomic E-state index is 9.74. The summed E-state index contributed by atoms with van der Waals surface area (Å²) < 4.78 is 329. The predicted octanol–water partition coefficient (Wildman–Crippen LogP) is 13.8. The van der Waals surface area contributed by atoms with E-state index in [1.54, 1.807) is 0 Å². The first kappa shape index (κ1) is 10.8. The molecule has 0 bridgehead atoms. The largest absolute Gasteiger partial charge is 0.308 e. The minimum atomic E-state index is -4.25. The van der Waals surface area contributed by atoms with E-state index in [0.29, 0.717) is 21.9 Å². The number of nitrogens with zero attached hydrogens (tertiary/aromatic N) is 2. The Bertz CT molecular complexity index is 4320. The van der Waals surface area contributed by atoms with Crippen molar-refractivity contribution in [1.82, 2.24) is 0 Å². The fraction of sp³-hybridized carbons (Fsp3) is 0.0612. The lowest BCUT2D eigenvalue weighted by Gasteiger charge is -2.44. The van der Waals surface area contributed by atoms with Crippen LogP contribution in [0.15, 0.2) is 193 Å². The Morgan fingerprint density at radius 2 is 1.12 bits per heavy atom. The molecular formula is C49H38N2. The van der Waals surface area contributed by atoms with Gasteiger partial charge in [0.2, 0.25) is 0 Å². The molecule has 0 radical (unpaired) electrons. The standard InChI is InChI=1S/C49H38N2/c1-49(2)43-26-14-15-27-44(43)51(45-28-16-25-41(47(45)49)37-19-8-4-9-20-37)48-42-24-13-12-21-38(42)31-34-46(48)50(39-22-10-5-11-23-39)40-32-29-36(30-33-40)35-17-6-3-7-18-35/h3-34H,1-2H3/i1D3,2D3,3D,4D,5D,6D,7D,8D,9D,10D,11D,12D,13D,14D,15D,16D,17D,18D,19D,20D,21D,22D,23D,24D,25D,26D,27D,29D,30D,31D,32D,33D. The summed E-state index contributed by atoms with van der Waals surface area (Å²) in [5.74, 6) is 0. The van der Waals surface area contributed by atoms with Gasteiger partial charge in [-0.3, -0.25) is 0 Å². The molecule has 8 aromatic carbocycles. The highest BCUT2D eigenvalue weighted by Gasteiger charge is 2.40. The SMILES string of the molecule is [2H]c1cc2c(c(-c3c([2H])c([2H])c([2H])c([2H])c3[2H])c1[2H])C(C([2H])([2H])[2H])(C([2H])([2H])[2H])c1c([2H])c([2H])c([2H])c([2H])c1N2c1c(N(c2c([2H])c([2H])c([2H])c([2H])c2[2H])c2c([2H])c([2H])c(-c3c([2H])c([2H])c([2H])c([2H])c3[2H])c([2H])c2[2H])cc([2H])c2c([2H])c([2H])c([2H])c([2H])c12. The summed E-state index contributed by atoms with van der Waals surface area (Å²) in [4.78, 5) is 0.754. The fourth-order valence-corrected chi connectivity index (χ4v) is 5.74. The highest BCUT2D eigenvalue weighted by atomic mass is 15.2. The predicted molar refractivity (Wildman–Crippen MR) is 216 cm³/mol. The summed E-state index contributed by atoms with van der Waals surface area (Å²) >= 11 is 0. The van der Waals surface area contributed by atoms with Gasteiger partial charge < -0.3 is 9.80 Å². The lowest BCUT2D eigenvalue weighted by atomic mass is 9.70. The Hall–Kier alpha value is -6.38. The van der Waals surface area contributed by atoms with E-state index in [9.17, 15) is 26.0 Å². The van der Waals surface area contributed by atoms with Crippen molar-refractivity contribution in [3.63, 3.8) is 0 Å². The zero-order valence-electron chi connectivity index (χ0n) is 61.5. The molecular weight excluding hydrogens is 617 g/mol. The molecule has 0 aromatic heterocycles. The van der Waals surface area contributed by atoms with E-state index in [4.69, 9.17) is 23.3 Å². The number of anilines is 6. The van der Waals surface area contributed by atoms with Crippen LogP contribution in [0.5, 0.6) is 0 Å². The summed E-state index contributed by atoms with van der Waals surface area (Å²) in [6.45, 7) is -8.50. The van der Waals surface area contributed by atoms with Crippen molar-refractivity contribution in [1.29, 1.82) is 0 Å². The van der Waals surface area contributed by atoms with Gasteiger partial charge in [0.1, 0.15) is 0 Å². The lowest BCUT2D eigenvalue weighted by molar-refractivity contribution is 0.634. The van der Waals surface area contributed by atoms with Crippen LogP contribution in [-0.4, -0.2) is 0 Å². The van der Waals surface area contributed by atoms with Crippen molar-refractivity contribution >= 4 is 44.9 Å². The molecule has 0 saturated heterocycles. The molecule has 0 fully saturated rings. The van der Waals surface area contributed by atoms with Crippen molar-refractivity contribution in [3.05, 3.63) is 205 Å². The van der Waals surface area contributed by atoms with Crippen molar-refractivity contribution in [2.75, 3.05) is 9.80 Å². The van der Waals surface area contributed by atoms with E-state index in [1.165, 1.54) is 0 Å². The number of hydrogen-bond acceptors (Lipinski definition) is 2. The quantitative estimate of drug-likeness (QED) is 0.171. The van der Waals surface area contributed by atoms with Gasteiger partial charge in [-0.1, -0.05) is 165 Å². The van der Waals surface area contributed by atoms with Gasteiger partial charge in [0, 0.05) is 30.4 Å². The van der Waals surface area contributed by atoms with E-state index >= 15 is 0 Å². The van der Waals surface area contributed by atoms with E-state index in [1.807, 2.05) is 0 Å². The number of benzene rings is 8. The van der Waals surface area contributed by atoms with Gasteiger partial charge in [-0.05, 0) is 81.1 Å². The molecule has 8 aromatic rings. The van der Waals surface area contributed by atoms with Crippen LogP contribution in [0.1, 0.15) is 74.2 Å². The summed E-state index contributed by atoms with van der Waals surface area (Å²) in [7, 11) is 0. The van der Waals surface area contributed by atoms with Crippen molar-refractivity contribution in [2.24, 2.45) is 0 Å². The van der Waals surface area contributed by atoms with Gasteiger partial charge >= 0.3 is 0 Å². The van der Waals surface area contributed by atoms with Crippen LogP contribution in [0.3, 0.4) is 0 Å². The summed E-state index contributed by atoms with van der Waals surface area (Å²) in [5.41, 5.74) is -18.7. The van der Waals surface area contributed by atoms with Crippen LogP contribution in [0.4, 0.5) is 34.1 Å². The van der Waals surface area contributed by atoms with Crippen LogP contribution < -0.4 is 9.80 Å². The summed E-state index contributed by atoms with van der Waals surface area (Å²) in [5, 5.41) is -1.95. The minimum Gasteiger partial charge on any atom is -0.308 e. The van der Waals surface area contributed by atoms with Crippen molar-refractivity contribution in [2.45, 2.75) is 19.1 Å². The molecule has 1 aliphatic rings. The molecule has 2 heteroatoms. The smallest absolute Gasteiger partial charge is 0.0781 e. The molecule has 51 heavy (non-hydrogen) atoms. The lowest BCUT2D eigenvalue weighted by Crippen LogP contribution is -2.32. The van der Waals surface area contributed by atoms with E-state index in [0.717, 1.165) is 0 Å². The van der Waals surface area contributed by atoms with Crippen molar-refractivity contribution in [3.8, 4) is 22.3 Å². The van der Waals surface area contributed by atoms with Crippen molar-refractivity contribution < 1.29 is 49.3 Å². The number of rotatable bonds is 6. The zero-order chi connectivity index (χ0) is 65.5. The van der Waals surface area contributed by atoms with Gasteiger partial charge in [-0.25, -0.2) is 0 Å². The second-order valence-corrected chi connectivity index (χ2v) is 10.7. The van der Waals surface area contributed by atoms with E-state index in [2.05, 4.69) is 0 Å². The Labute approximate surface area is 351 Å². The first-order chi connectivity index (χ1) is 40.0. The summed E-state index contributed by atoms with van der Waals surface area (Å²) in [6, 6.07) is -35.2. The normalized spacial score (nSPS) is 23.5. The number of hydrogen-bond donors (Lipinski definition) is 0. The third-order valence-electron chi connectivity index (χ3n) is 7.82. The zero-order valence-corrected chi connectivity index (χ0v) is 25.5. The van der Waals surface area contributed by atoms with Crippen LogP contribution in [0.25, 0.3) is 33.0 Å². The highest BCUT2D eigenvalue weighted by molar-refractivity contribution is 6.09. The molecule has 0 aliphatic carbocycles. The average molecular weight is 691 g/mol. The molecule has 1 heterocycles. The van der Waals surface area contributed by atoms with Crippen LogP contribution in [-0.2, 0) is 5.41 Å². The van der Waals surface area contributed by atoms with Gasteiger partial charge in [-0.15, -0.1) is 0 Å². The van der Waals surface area contributed by atoms with Crippen LogP contribution in [0, 0.1) is 0 Å².